The summed E-state index contributed by atoms with van der Waals surface area (Å²) in [5.41, 5.74) is 5.58. The fourth-order valence-corrected chi connectivity index (χ4v) is 4.06. The van der Waals surface area contributed by atoms with Crippen LogP contribution in [0.15, 0.2) is 61.2 Å². The van der Waals surface area contributed by atoms with E-state index in [1.807, 2.05) is 42.2 Å². The van der Waals surface area contributed by atoms with E-state index in [9.17, 15) is 4.79 Å². The molecule has 0 spiro atoms. The van der Waals surface area contributed by atoms with E-state index in [-0.39, 0.29) is 11.9 Å². The maximum Gasteiger partial charge on any atom is 0.255 e. The highest BCUT2D eigenvalue weighted by atomic mass is 16.5. The van der Waals surface area contributed by atoms with E-state index < -0.39 is 0 Å². The molecule has 5 rings (SSSR count). The summed E-state index contributed by atoms with van der Waals surface area (Å²) in [6.45, 7) is 1.39. The van der Waals surface area contributed by atoms with Crippen LogP contribution in [-0.4, -0.2) is 44.3 Å². The Balaban J connectivity index is 1.38. The summed E-state index contributed by atoms with van der Waals surface area (Å²) in [5.74, 6) is -0.0737. The van der Waals surface area contributed by atoms with Gasteiger partial charge in [0.05, 0.1) is 11.3 Å². The van der Waals surface area contributed by atoms with Crippen molar-refractivity contribution in [2.45, 2.75) is 25.3 Å². The monoisotopic (exact) mass is 415 g/mol. The molecule has 3 aromatic heterocycles. The van der Waals surface area contributed by atoms with Crippen molar-refractivity contribution in [3.63, 3.8) is 0 Å². The number of imidazole rings is 1. The molecule has 1 aromatic carbocycles. The predicted molar refractivity (Wildman–Crippen MR) is 118 cm³/mol. The summed E-state index contributed by atoms with van der Waals surface area (Å²) < 4.78 is 9.12. The highest BCUT2D eigenvalue weighted by Gasteiger charge is 2.20. The molecule has 7 heteroatoms. The van der Waals surface area contributed by atoms with Gasteiger partial charge in [-0.25, -0.2) is 4.98 Å². The number of amides is 1. The Bertz CT molecular complexity index is 1200. The number of ether oxygens (including phenoxy) is 1. The molecule has 0 saturated carbocycles. The predicted octanol–water partition coefficient (Wildman–Crippen LogP) is 3.23. The maximum atomic E-state index is 13.0. The molecule has 31 heavy (non-hydrogen) atoms. The molecule has 158 valence electrons. The first-order valence-electron chi connectivity index (χ1n) is 10.6. The average molecular weight is 415 g/mol. The normalized spacial score (nSPS) is 14.7. The SMILES string of the molecule is Cn1ccc(-c2ccc(Cc3cc(C(=O)NC4CCOCC4)c4nccn4c3)cc2)n1. The number of aryl methyl sites for hydroxylation is 1. The van der Waals surface area contributed by atoms with Crippen LogP contribution < -0.4 is 5.32 Å². The second-order valence-electron chi connectivity index (χ2n) is 8.03. The molecule has 1 aliphatic heterocycles. The van der Waals surface area contributed by atoms with Crippen molar-refractivity contribution < 1.29 is 9.53 Å². The Morgan fingerprint density at radius 2 is 1.94 bits per heavy atom. The number of aromatic nitrogens is 4. The van der Waals surface area contributed by atoms with Gasteiger partial charge in [0.25, 0.3) is 5.91 Å². The van der Waals surface area contributed by atoms with Gasteiger partial charge in [-0.05, 0) is 42.5 Å². The van der Waals surface area contributed by atoms with Crippen LogP contribution in [0, 0.1) is 0 Å². The molecule has 0 atom stereocenters. The fraction of sp³-hybridized carbons (Fsp3) is 0.292. The molecule has 1 aliphatic rings. The van der Waals surface area contributed by atoms with Crippen molar-refractivity contribution in [1.82, 2.24) is 24.5 Å². The molecule has 4 heterocycles. The number of carbonyl (C=O) groups is 1. The average Bonchev–Trinajstić information content (AvgIpc) is 3.43. The van der Waals surface area contributed by atoms with E-state index in [0.29, 0.717) is 24.4 Å². The van der Waals surface area contributed by atoms with Gasteiger partial charge in [0.2, 0.25) is 0 Å². The van der Waals surface area contributed by atoms with Gasteiger partial charge in [-0.3, -0.25) is 9.48 Å². The second kappa shape index (κ2) is 8.35. The van der Waals surface area contributed by atoms with Crippen molar-refractivity contribution in [2.24, 2.45) is 7.05 Å². The van der Waals surface area contributed by atoms with Gasteiger partial charge in [-0.1, -0.05) is 24.3 Å². The van der Waals surface area contributed by atoms with Gasteiger partial charge in [0, 0.05) is 56.7 Å². The molecule has 0 bridgehead atoms. The molecule has 1 fully saturated rings. The first-order chi connectivity index (χ1) is 15.2. The number of carbonyl (C=O) groups excluding carboxylic acids is 1. The number of benzene rings is 1. The number of nitrogens with one attached hydrogen (secondary N) is 1. The molecule has 1 amide bonds. The van der Waals surface area contributed by atoms with Gasteiger partial charge in [-0.2, -0.15) is 5.10 Å². The third-order valence-corrected chi connectivity index (χ3v) is 5.72. The standard InChI is InChI=1S/C24H25N5O2/c1-28-10-6-22(27-28)19-4-2-17(3-5-19)14-18-15-21(23-25-9-11-29(23)16-18)24(30)26-20-7-12-31-13-8-20/h2-6,9-11,15-16,20H,7-8,12-14H2,1H3,(H,26,30). The summed E-state index contributed by atoms with van der Waals surface area (Å²) in [7, 11) is 1.92. The quantitative estimate of drug-likeness (QED) is 0.543. The molecule has 1 N–H and O–H groups in total. The number of fused-ring (bicyclic) bond motifs is 1. The van der Waals surface area contributed by atoms with E-state index in [4.69, 9.17) is 4.74 Å². The Morgan fingerprint density at radius 3 is 2.68 bits per heavy atom. The van der Waals surface area contributed by atoms with Crippen LogP contribution in [0.3, 0.4) is 0 Å². The highest BCUT2D eigenvalue weighted by molar-refractivity contribution is 6.00. The van der Waals surface area contributed by atoms with Crippen molar-refractivity contribution in [3.8, 4) is 11.3 Å². The van der Waals surface area contributed by atoms with Crippen molar-refractivity contribution in [1.29, 1.82) is 0 Å². The Kier molecular flexibility index (Phi) is 5.26. The Hall–Kier alpha value is -3.45. The summed E-state index contributed by atoms with van der Waals surface area (Å²) in [6, 6.07) is 12.5. The van der Waals surface area contributed by atoms with Crippen LogP contribution in [0.4, 0.5) is 0 Å². The summed E-state index contributed by atoms with van der Waals surface area (Å²) >= 11 is 0. The van der Waals surface area contributed by atoms with Crippen LogP contribution in [-0.2, 0) is 18.2 Å². The van der Waals surface area contributed by atoms with Crippen LogP contribution in [0.25, 0.3) is 16.9 Å². The molecular weight excluding hydrogens is 390 g/mol. The summed E-state index contributed by atoms with van der Waals surface area (Å²) in [4.78, 5) is 17.4. The lowest BCUT2D eigenvalue weighted by Gasteiger charge is -2.23. The van der Waals surface area contributed by atoms with E-state index in [2.05, 4.69) is 39.7 Å². The van der Waals surface area contributed by atoms with Crippen molar-refractivity contribution in [2.75, 3.05) is 13.2 Å². The van der Waals surface area contributed by atoms with Gasteiger partial charge < -0.3 is 14.5 Å². The molecule has 7 nitrogen and oxygen atoms in total. The number of hydrogen-bond acceptors (Lipinski definition) is 4. The summed E-state index contributed by atoms with van der Waals surface area (Å²) in [5, 5.41) is 7.61. The van der Waals surface area contributed by atoms with E-state index >= 15 is 0 Å². The fourth-order valence-electron chi connectivity index (χ4n) is 4.06. The van der Waals surface area contributed by atoms with Crippen LogP contribution >= 0.6 is 0 Å². The number of pyridine rings is 1. The lowest BCUT2D eigenvalue weighted by atomic mass is 10.0. The first kappa shape index (κ1) is 19.5. The smallest absolute Gasteiger partial charge is 0.255 e. The van der Waals surface area contributed by atoms with Crippen LogP contribution in [0.1, 0.15) is 34.3 Å². The van der Waals surface area contributed by atoms with Gasteiger partial charge >= 0.3 is 0 Å². The van der Waals surface area contributed by atoms with Crippen LogP contribution in [0.2, 0.25) is 0 Å². The third-order valence-electron chi connectivity index (χ3n) is 5.72. The molecule has 1 saturated heterocycles. The Labute approximate surface area is 180 Å². The third kappa shape index (κ3) is 4.22. The zero-order valence-corrected chi connectivity index (χ0v) is 17.5. The van der Waals surface area contributed by atoms with E-state index in [0.717, 1.165) is 36.1 Å². The minimum atomic E-state index is -0.0737. The first-order valence-corrected chi connectivity index (χ1v) is 10.6. The zero-order valence-electron chi connectivity index (χ0n) is 17.5. The van der Waals surface area contributed by atoms with Gasteiger partial charge in [0.1, 0.15) is 5.65 Å². The van der Waals surface area contributed by atoms with Crippen molar-refractivity contribution >= 4 is 11.6 Å². The van der Waals surface area contributed by atoms with Crippen molar-refractivity contribution in [3.05, 3.63) is 77.9 Å². The molecule has 4 aromatic rings. The van der Waals surface area contributed by atoms with Gasteiger partial charge in [-0.15, -0.1) is 0 Å². The Morgan fingerprint density at radius 1 is 1.13 bits per heavy atom. The lowest BCUT2D eigenvalue weighted by molar-refractivity contribution is 0.0697. The van der Waals surface area contributed by atoms with Gasteiger partial charge in [0.15, 0.2) is 0 Å². The minimum Gasteiger partial charge on any atom is -0.381 e. The number of hydrogen-bond donors (Lipinski definition) is 1. The van der Waals surface area contributed by atoms with E-state index in [1.165, 1.54) is 5.56 Å². The molecule has 0 aliphatic carbocycles. The minimum absolute atomic E-state index is 0.0737. The second-order valence-corrected chi connectivity index (χ2v) is 8.03. The largest absolute Gasteiger partial charge is 0.381 e. The zero-order chi connectivity index (χ0) is 21.2. The lowest BCUT2D eigenvalue weighted by Crippen LogP contribution is -2.39. The van der Waals surface area contributed by atoms with Crippen LogP contribution in [0.5, 0.6) is 0 Å². The number of nitrogens with zero attached hydrogens (tertiary/aromatic N) is 4. The number of rotatable bonds is 5. The maximum absolute atomic E-state index is 13.0. The topological polar surface area (TPSA) is 73.5 Å². The van der Waals surface area contributed by atoms with E-state index in [1.54, 1.807) is 10.9 Å². The highest BCUT2D eigenvalue weighted by Crippen LogP contribution is 2.21. The molecular formula is C24H25N5O2. The molecule has 0 radical (unpaired) electrons. The summed E-state index contributed by atoms with van der Waals surface area (Å²) in [6.07, 6.45) is 10.0. The molecule has 0 unspecified atom stereocenters.